The molecule has 8 heteroatoms. The molecule has 2 rings (SSSR count). The molecule has 1 aromatic heterocycles. The Morgan fingerprint density at radius 2 is 2.33 bits per heavy atom. The van der Waals surface area contributed by atoms with Crippen molar-refractivity contribution in [2.75, 3.05) is 23.7 Å². The van der Waals surface area contributed by atoms with Crippen LogP contribution in [0.2, 0.25) is 0 Å². The summed E-state index contributed by atoms with van der Waals surface area (Å²) in [5.74, 6) is -0.484. The van der Waals surface area contributed by atoms with Crippen LogP contribution in [-0.4, -0.2) is 34.1 Å². The molecule has 1 aromatic rings. The molecule has 3 N–H and O–H groups in total. The Labute approximate surface area is 121 Å². The number of nitrogens with zero attached hydrogens (tertiary/aromatic N) is 3. The monoisotopic (exact) mass is 294 g/mol. The number of aliphatic carboxylic acids is 1. The Bertz CT molecular complexity index is 577. The Hall–Kier alpha value is -2.38. The number of nitrogens with two attached hydrogens (primary N) is 1. The average molecular weight is 294 g/mol. The first kappa shape index (κ1) is 15.0. The van der Waals surface area contributed by atoms with Gasteiger partial charge in [-0.15, -0.1) is 0 Å². The van der Waals surface area contributed by atoms with Crippen molar-refractivity contribution in [1.82, 2.24) is 4.98 Å². The maximum atomic E-state index is 11.5. The Kier molecular flexibility index (Phi) is 3.97. The lowest BCUT2D eigenvalue weighted by molar-refractivity contribution is -0.384. The normalized spacial score (nSPS) is 22.0. The van der Waals surface area contributed by atoms with Gasteiger partial charge >= 0.3 is 11.7 Å². The topological polar surface area (TPSA) is 123 Å². The molecule has 0 amide bonds. The predicted octanol–water partition coefficient (Wildman–Crippen LogP) is 1.65. The van der Waals surface area contributed by atoms with E-state index >= 15 is 0 Å². The molecular weight excluding hydrogens is 276 g/mol. The van der Waals surface area contributed by atoms with Crippen LogP contribution in [0.1, 0.15) is 26.2 Å². The first-order valence-corrected chi connectivity index (χ1v) is 6.79. The van der Waals surface area contributed by atoms with Crippen LogP contribution in [0.15, 0.2) is 12.1 Å². The number of piperidine rings is 1. The minimum Gasteiger partial charge on any atom is -0.481 e. The van der Waals surface area contributed by atoms with Crippen LogP contribution in [0.5, 0.6) is 0 Å². The highest BCUT2D eigenvalue weighted by Gasteiger charge is 2.41. The first-order valence-electron chi connectivity index (χ1n) is 6.79. The number of hydrogen-bond acceptors (Lipinski definition) is 6. The molecule has 1 aliphatic heterocycles. The summed E-state index contributed by atoms with van der Waals surface area (Å²) in [6.45, 7) is 2.86. The summed E-state index contributed by atoms with van der Waals surface area (Å²) in [5.41, 5.74) is 4.56. The highest BCUT2D eigenvalue weighted by atomic mass is 16.6. The van der Waals surface area contributed by atoms with E-state index in [9.17, 15) is 20.0 Å². The lowest BCUT2D eigenvalue weighted by Gasteiger charge is -2.40. The number of nitro groups is 1. The van der Waals surface area contributed by atoms with Gasteiger partial charge in [-0.25, -0.2) is 4.98 Å². The van der Waals surface area contributed by atoms with Gasteiger partial charge in [-0.2, -0.15) is 0 Å². The number of anilines is 2. The van der Waals surface area contributed by atoms with Crippen LogP contribution in [0.4, 0.5) is 17.3 Å². The minimum atomic E-state index is -0.815. The maximum absolute atomic E-state index is 11.5. The van der Waals surface area contributed by atoms with Gasteiger partial charge in [0.15, 0.2) is 0 Å². The smallest absolute Gasteiger partial charge is 0.311 e. The number of nitrogen functional groups attached to an aromatic ring is 1. The summed E-state index contributed by atoms with van der Waals surface area (Å²) >= 11 is 0. The lowest BCUT2D eigenvalue weighted by Crippen LogP contribution is -2.48. The van der Waals surface area contributed by atoms with Crippen LogP contribution >= 0.6 is 0 Å². The van der Waals surface area contributed by atoms with E-state index in [2.05, 4.69) is 4.98 Å². The van der Waals surface area contributed by atoms with Crippen molar-refractivity contribution in [3.8, 4) is 0 Å². The molecule has 8 nitrogen and oxygen atoms in total. The second-order valence-electron chi connectivity index (χ2n) is 5.30. The van der Waals surface area contributed by atoms with E-state index in [1.54, 1.807) is 0 Å². The summed E-state index contributed by atoms with van der Waals surface area (Å²) < 4.78 is 0. The Morgan fingerprint density at radius 3 is 2.86 bits per heavy atom. The number of aromatic nitrogens is 1. The van der Waals surface area contributed by atoms with Crippen molar-refractivity contribution in [1.29, 1.82) is 0 Å². The molecule has 1 unspecified atom stereocenters. The predicted molar refractivity (Wildman–Crippen MR) is 77.1 cm³/mol. The van der Waals surface area contributed by atoms with Gasteiger partial charge in [0.05, 0.1) is 10.3 Å². The van der Waals surface area contributed by atoms with Crippen molar-refractivity contribution >= 4 is 23.3 Å². The summed E-state index contributed by atoms with van der Waals surface area (Å²) in [7, 11) is 0. The first-order chi connectivity index (χ1) is 9.89. The molecule has 0 bridgehead atoms. The fourth-order valence-electron chi connectivity index (χ4n) is 2.73. The second kappa shape index (κ2) is 5.55. The molecule has 2 heterocycles. The fourth-order valence-corrected chi connectivity index (χ4v) is 2.73. The van der Waals surface area contributed by atoms with E-state index < -0.39 is 16.3 Å². The second-order valence-corrected chi connectivity index (χ2v) is 5.30. The Morgan fingerprint density at radius 1 is 1.62 bits per heavy atom. The third-order valence-electron chi connectivity index (χ3n) is 4.12. The number of carboxylic acid groups (broad SMARTS) is 1. The van der Waals surface area contributed by atoms with Gasteiger partial charge in [-0.3, -0.25) is 14.9 Å². The minimum absolute atomic E-state index is 0.152. The van der Waals surface area contributed by atoms with E-state index in [-0.39, 0.29) is 11.5 Å². The van der Waals surface area contributed by atoms with Gasteiger partial charge in [0.2, 0.25) is 5.82 Å². The van der Waals surface area contributed by atoms with E-state index in [1.165, 1.54) is 12.1 Å². The molecule has 114 valence electrons. The molecule has 0 aromatic carbocycles. The number of pyridine rings is 1. The number of rotatable bonds is 4. The van der Waals surface area contributed by atoms with Gasteiger partial charge in [-0.1, -0.05) is 6.92 Å². The average Bonchev–Trinajstić information content (AvgIpc) is 2.46. The van der Waals surface area contributed by atoms with E-state index in [0.29, 0.717) is 31.7 Å². The van der Waals surface area contributed by atoms with Crippen molar-refractivity contribution in [2.24, 2.45) is 5.41 Å². The van der Waals surface area contributed by atoms with Crippen LogP contribution < -0.4 is 10.6 Å². The SMILES string of the molecule is CCC1(C(=O)O)CCCN(c2ccc([N+](=O)[O-])c(N)n2)C1. The zero-order chi connectivity index (χ0) is 15.6. The zero-order valence-corrected chi connectivity index (χ0v) is 11.8. The van der Waals surface area contributed by atoms with Crippen molar-refractivity contribution in [2.45, 2.75) is 26.2 Å². The van der Waals surface area contributed by atoms with Crippen molar-refractivity contribution < 1.29 is 14.8 Å². The standard InChI is InChI=1S/C13H18N4O4/c1-2-13(12(18)19)6-3-7-16(8-13)10-5-4-9(17(20)21)11(14)15-10/h4-5H,2-3,6-8H2,1H3,(H2,14,15)(H,18,19). The fraction of sp³-hybridized carbons (Fsp3) is 0.538. The van der Waals surface area contributed by atoms with Crippen LogP contribution in [0.3, 0.4) is 0 Å². The van der Waals surface area contributed by atoms with Gasteiger partial charge in [0, 0.05) is 19.2 Å². The van der Waals surface area contributed by atoms with E-state index in [4.69, 9.17) is 5.73 Å². The van der Waals surface area contributed by atoms with Crippen LogP contribution in [0, 0.1) is 15.5 Å². The van der Waals surface area contributed by atoms with Crippen LogP contribution in [-0.2, 0) is 4.79 Å². The van der Waals surface area contributed by atoms with Crippen molar-refractivity contribution in [3.05, 3.63) is 22.2 Å². The number of carboxylic acids is 1. The molecule has 1 saturated heterocycles. The summed E-state index contributed by atoms with van der Waals surface area (Å²) in [6.07, 6.45) is 1.89. The van der Waals surface area contributed by atoms with Gasteiger partial charge in [-0.05, 0) is 25.3 Å². The molecule has 0 saturated carbocycles. The summed E-state index contributed by atoms with van der Waals surface area (Å²) in [5, 5.41) is 20.2. The van der Waals surface area contributed by atoms with E-state index in [0.717, 1.165) is 6.42 Å². The van der Waals surface area contributed by atoms with Gasteiger partial charge in [0.25, 0.3) is 0 Å². The zero-order valence-electron chi connectivity index (χ0n) is 11.8. The highest BCUT2D eigenvalue weighted by Crippen LogP contribution is 2.36. The molecule has 1 atom stereocenters. The quantitative estimate of drug-likeness (QED) is 0.639. The van der Waals surface area contributed by atoms with Crippen LogP contribution in [0.25, 0.3) is 0 Å². The largest absolute Gasteiger partial charge is 0.481 e. The summed E-state index contributed by atoms with van der Waals surface area (Å²) in [4.78, 5) is 27.6. The number of hydrogen-bond donors (Lipinski definition) is 2. The van der Waals surface area contributed by atoms with E-state index in [1.807, 2.05) is 11.8 Å². The molecule has 1 fully saturated rings. The number of carbonyl (C=O) groups is 1. The van der Waals surface area contributed by atoms with Gasteiger partial charge in [0.1, 0.15) is 5.82 Å². The summed E-state index contributed by atoms with van der Waals surface area (Å²) in [6, 6.07) is 2.82. The molecule has 0 spiro atoms. The molecule has 0 aliphatic carbocycles. The Balaban J connectivity index is 2.28. The molecule has 21 heavy (non-hydrogen) atoms. The van der Waals surface area contributed by atoms with Gasteiger partial charge < -0.3 is 15.7 Å². The molecule has 0 radical (unpaired) electrons. The maximum Gasteiger partial charge on any atom is 0.311 e. The highest BCUT2D eigenvalue weighted by molar-refractivity contribution is 5.76. The van der Waals surface area contributed by atoms with Crippen molar-refractivity contribution in [3.63, 3.8) is 0 Å². The lowest BCUT2D eigenvalue weighted by atomic mass is 9.77. The third kappa shape index (κ3) is 2.74. The third-order valence-corrected chi connectivity index (χ3v) is 4.12. The molecule has 1 aliphatic rings. The molecular formula is C13H18N4O4.